The molecule has 2 amide bonds. The minimum Gasteiger partial charge on any atom is -0.349 e. The molecule has 1 aliphatic carbocycles. The van der Waals surface area contributed by atoms with Gasteiger partial charge >= 0.3 is 0 Å². The molecule has 0 atom stereocenters. The van der Waals surface area contributed by atoms with E-state index in [9.17, 15) is 9.59 Å². The standard InChI is InChI=1S/C28H27N3O2S2/c32-26(29-20-11-5-2-6-12-20)22-13-7-8-14-23(22)27(33)30-21-15-16-24-25(17-21)35-28(31-24)34-18-19-9-3-1-4-10-19/h1,3-4,7-10,13-17,20H,2,5-6,11-12,18H2,(H,29,32)(H,30,33). The normalized spacial score (nSPS) is 14.1. The van der Waals surface area contributed by atoms with Crippen LogP contribution in [0.1, 0.15) is 58.4 Å². The summed E-state index contributed by atoms with van der Waals surface area (Å²) in [6.07, 6.45) is 5.50. The summed E-state index contributed by atoms with van der Waals surface area (Å²) in [6, 6.07) is 23.3. The van der Waals surface area contributed by atoms with E-state index in [1.54, 1.807) is 47.4 Å². The number of nitrogens with zero attached hydrogens (tertiary/aromatic N) is 1. The predicted molar refractivity (Wildman–Crippen MR) is 144 cm³/mol. The molecule has 1 heterocycles. The number of hydrogen-bond donors (Lipinski definition) is 2. The number of anilines is 1. The zero-order valence-electron chi connectivity index (χ0n) is 19.3. The quantitative estimate of drug-likeness (QED) is 0.270. The molecule has 1 aliphatic rings. The number of nitrogens with one attached hydrogen (secondary N) is 2. The summed E-state index contributed by atoms with van der Waals surface area (Å²) in [6.45, 7) is 0. The molecule has 178 valence electrons. The largest absolute Gasteiger partial charge is 0.349 e. The van der Waals surface area contributed by atoms with Crippen LogP contribution in [0, 0.1) is 0 Å². The monoisotopic (exact) mass is 501 g/mol. The van der Waals surface area contributed by atoms with Gasteiger partial charge < -0.3 is 10.6 Å². The molecular formula is C28H27N3O2S2. The predicted octanol–water partition coefficient (Wildman–Crippen LogP) is 6.90. The van der Waals surface area contributed by atoms with E-state index in [-0.39, 0.29) is 17.9 Å². The number of rotatable bonds is 7. The Kier molecular flexibility index (Phi) is 7.45. The van der Waals surface area contributed by atoms with Gasteiger partial charge in [-0.2, -0.15) is 0 Å². The van der Waals surface area contributed by atoms with Crippen molar-refractivity contribution in [2.75, 3.05) is 5.32 Å². The number of amides is 2. The maximum atomic E-state index is 13.1. The molecule has 0 aliphatic heterocycles. The van der Waals surface area contributed by atoms with E-state index in [1.165, 1.54) is 12.0 Å². The fourth-order valence-electron chi connectivity index (χ4n) is 4.35. The first-order valence-corrected chi connectivity index (χ1v) is 13.7. The van der Waals surface area contributed by atoms with Gasteiger partial charge in [-0.05, 0) is 48.7 Å². The second-order valence-corrected chi connectivity index (χ2v) is 11.0. The van der Waals surface area contributed by atoms with Crippen molar-refractivity contribution in [2.24, 2.45) is 0 Å². The van der Waals surface area contributed by atoms with Gasteiger partial charge in [0.25, 0.3) is 11.8 Å². The molecule has 0 radical (unpaired) electrons. The van der Waals surface area contributed by atoms with Crippen LogP contribution < -0.4 is 10.6 Å². The van der Waals surface area contributed by atoms with Crippen molar-refractivity contribution in [3.63, 3.8) is 0 Å². The molecule has 2 N–H and O–H groups in total. The van der Waals surface area contributed by atoms with Crippen LogP contribution in [0.4, 0.5) is 5.69 Å². The summed E-state index contributed by atoms with van der Waals surface area (Å²) < 4.78 is 2.01. The van der Waals surface area contributed by atoms with Gasteiger partial charge in [0.15, 0.2) is 4.34 Å². The molecule has 7 heteroatoms. The molecule has 0 spiro atoms. The smallest absolute Gasteiger partial charge is 0.256 e. The van der Waals surface area contributed by atoms with E-state index >= 15 is 0 Å². The van der Waals surface area contributed by atoms with Gasteiger partial charge in [-0.1, -0.05) is 73.5 Å². The minimum absolute atomic E-state index is 0.180. The highest BCUT2D eigenvalue weighted by molar-refractivity contribution is 8.00. The van der Waals surface area contributed by atoms with Gasteiger partial charge in [0.05, 0.1) is 21.3 Å². The molecule has 5 rings (SSSR count). The lowest BCUT2D eigenvalue weighted by molar-refractivity contribution is 0.0917. The van der Waals surface area contributed by atoms with Crippen molar-refractivity contribution >= 4 is 50.8 Å². The van der Waals surface area contributed by atoms with E-state index in [2.05, 4.69) is 22.8 Å². The van der Waals surface area contributed by atoms with Crippen LogP contribution in [-0.4, -0.2) is 22.8 Å². The third-order valence-electron chi connectivity index (χ3n) is 6.19. The lowest BCUT2D eigenvalue weighted by Gasteiger charge is -2.23. The van der Waals surface area contributed by atoms with Crippen LogP contribution in [0.3, 0.4) is 0 Å². The molecule has 4 aromatic rings. The Bertz CT molecular complexity index is 1330. The first-order valence-electron chi connectivity index (χ1n) is 11.9. The number of aromatic nitrogens is 1. The molecule has 0 unspecified atom stereocenters. The fraction of sp³-hybridized carbons (Fsp3) is 0.250. The van der Waals surface area contributed by atoms with Crippen molar-refractivity contribution in [2.45, 2.75) is 48.2 Å². The molecule has 0 bridgehead atoms. The third kappa shape index (κ3) is 5.92. The SMILES string of the molecule is O=C(Nc1ccc2nc(SCc3ccccc3)sc2c1)c1ccccc1C(=O)NC1CCCCC1. The zero-order valence-corrected chi connectivity index (χ0v) is 21.0. The summed E-state index contributed by atoms with van der Waals surface area (Å²) in [4.78, 5) is 30.8. The highest BCUT2D eigenvalue weighted by Gasteiger charge is 2.21. The Balaban J connectivity index is 1.27. The Hall–Kier alpha value is -3.16. The number of carbonyl (C=O) groups is 2. The first-order chi connectivity index (χ1) is 17.2. The van der Waals surface area contributed by atoms with Crippen LogP contribution in [0.15, 0.2) is 77.1 Å². The summed E-state index contributed by atoms with van der Waals surface area (Å²) in [5, 5.41) is 6.09. The lowest BCUT2D eigenvalue weighted by Crippen LogP contribution is -2.37. The molecule has 3 aromatic carbocycles. The highest BCUT2D eigenvalue weighted by Crippen LogP contribution is 2.33. The van der Waals surface area contributed by atoms with E-state index in [0.717, 1.165) is 46.0 Å². The summed E-state index contributed by atoms with van der Waals surface area (Å²) in [7, 11) is 0. The van der Waals surface area contributed by atoms with Crippen molar-refractivity contribution in [3.05, 3.63) is 89.5 Å². The lowest BCUT2D eigenvalue weighted by atomic mass is 9.95. The minimum atomic E-state index is -0.290. The average Bonchev–Trinajstić information content (AvgIpc) is 3.31. The number of thiazole rings is 1. The zero-order chi connectivity index (χ0) is 24.0. The average molecular weight is 502 g/mol. The van der Waals surface area contributed by atoms with Crippen LogP contribution in [0.2, 0.25) is 0 Å². The number of hydrogen-bond acceptors (Lipinski definition) is 5. The van der Waals surface area contributed by atoms with Crippen LogP contribution in [0.5, 0.6) is 0 Å². The highest BCUT2D eigenvalue weighted by atomic mass is 32.2. The Labute approximate surface area is 213 Å². The second-order valence-electron chi connectivity index (χ2n) is 8.74. The molecule has 35 heavy (non-hydrogen) atoms. The maximum absolute atomic E-state index is 13.1. The van der Waals surface area contributed by atoms with Crippen LogP contribution in [-0.2, 0) is 5.75 Å². The Morgan fingerprint density at radius 2 is 1.60 bits per heavy atom. The fourth-order valence-corrected chi connectivity index (χ4v) is 6.41. The maximum Gasteiger partial charge on any atom is 0.256 e. The Morgan fingerprint density at radius 1 is 0.886 bits per heavy atom. The number of fused-ring (bicyclic) bond motifs is 1. The molecular weight excluding hydrogens is 474 g/mol. The molecule has 0 saturated heterocycles. The number of carbonyl (C=O) groups excluding carboxylic acids is 2. The van der Waals surface area contributed by atoms with Crippen LogP contribution >= 0.6 is 23.1 Å². The van der Waals surface area contributed by atoms with E-state index in [0.29, 0.717) is 16.8 Å². The van der Waals surface area contributed by atoms with E-state index < -0.39 is 0 Å². The van der Waals surface area contributed by atoms with Crippen LogP contribution in [0.25, 0.3) is 10.2 Å². The van der Waals surface area contributed by atoms with Gasteiger partial charge in [-0.25, -0.2) is 4.98 Å². The van der Waals surface area contributed by atoms with Gasteiger partial charge in [-0.3, -0.25) is 9.59 Å². The molecule has 1 aromatic heterocycles. The Morgan fingerprint density at radius 3 is 2.37 bits per heavy atom. The summed E-state index contributed by atoms with van der Waals surface area (Å²) >= 11 is 3.33. The topological polar surface area (TPSA) is 71.1 Å². The van der Waals surface area contributed by atoms with Gasteiger partial charge in [-0.15, -0.1) is 11.3 Å². The second kappa shape index (κ2) is 11.1. The molecule has 5 nitrogen and oxygen atoms in total. The van der Waals surface area contributed by atoms with Crippen molar-refractivity contribution in [1.82, 2.24) is 10.3 Å². The third-order valence-corrected chi connectivity index (χ3v) is 8.42. The van der Waals surface area contributed by atoms with Gasteiger partial charge in [0, 0.05) is 17.5 Å². The van der Waals surface area contributed by atoms with Gasteiger partial charge in [0.2, 0.25) is 0 Å². The van der Waals surface area contributed by atoms with Crippen molar-refractivity contribution in [1.29, 1.82) is 0 Å². The van der Waals surface area contributed by atoms with E-state index in [4.69, 9.17) is 4.98 Å². The summed E-state index contributed by atoms with van der Waals surface area (Å²) in [5.41, 5.74) is 3.65. The molecule has 1 saturated carbocycles. The molecule has 1 fully saturated rings. The van der Waals surface area contributed by atoms with E-state index in [1.807, 2.05) is 36.4 Å². The van der Waals surface area contributed by atoms with Crippen molar-refractivity contribution < 1.29 is 9.59 Å². The number of benzene rings is 3. The first kappa shape index (κ1) is 23.6. The van der Waals surface area contributed by atoms with Gasteiger partial charge in [0.1, 0.15) is 0 Å². The van der Waals surface area contributed by atoms with Crippen molar-refractivity contribution in [3.8, 4) is 0 Å². The summed E-state index contributed by atoms with van der Waals surface area (Å²) in [5.74, 6) is 0.395. The number of thioether (sulfide) groups is 1.